The van der Waals surface area contributed by atoms with Gasteiger partial charge in [-0.1, -0.05) is 28.1 Å². The lowest BCUT2D eigenvalue weighted by atomic mass is 10.1. The van der Waals surface area contributed by atoms with Gasteiger partial charge in [0.05, 0.1) is 12.2 Å². The van der Waals surface area contributed by atoms with Gasteiger partial charge in [-0.05, 0) is 44.3 Å². The molecule has 2 atom stereocenters. The van der Waals surface area contributed by atoms with Gasteiger partial charge in [0.1, 0.15) is 0 Å². The highest BCUT2D eigenvalue weighted by Gasteiger charge is 2.25. The molecule has 0 aliphatic heterocycles. The van der Waals surface area contributed by atoms with Crippen LogP contribution in [0, 0.1) is 0 Å². The highest BCUT2D eigenvalue weighted by atomic mass is 79.9. The molecule has 0 bridgehead atoms. The summed E-state index contributed by atoms with van der Waals surface area (Å²) in [5.41, 5.74) is 1.02. The smallest absolute Gasteiger partial charge is 0.184 e. The van der Waals surface area contributed by atoms with Gasteiger partial charge in [-0.2, -0.15) is 0 Å². The van der Waals surface area contributed by atoms with E-state index in [0.717, 1.165) is 10.0 Å². The Morgan fingerprint density at radius 1 is 1.31 bits per heavy atom. The largest absolute Gasteiger partial charge is 0.408 e. The molecule has 0 aromatic heterocycles. The van der Waals surface area contributed by atoms with E-state index >= 15 is 0 Å². The van der Waals surface area contributed by atoms with E-state index in [1.807, 2.05) is 24.3 Å². The fourth-order valence-electron chi connectivity index (χ4n) is 1.51. The molecule has 0 aliphatic rings. The first-order chi connectivity index (χ1) is 7.29. The Morgan fingerprint density at radius 2 is 1.94 bits per heavy atom. The Kier molecular flexibility index (Phi) is 4.73. The van der Waals surface area contributed by atoms with E-state index in [4.69, 9.17) is 4.43 Å². The van der Waals surface area contributed by atoms with Crippen LogP contribution in [0.15, 0.2) is 28.7 Å². The zero-order chi connectivity index (χ0) is 12.3. The van der Waals surface area contributed by atoms with Crippen LogP contribution < -0.4 is 0 Å². The van der Waals surface area contributed by atoms with E-state index in [0.29, 0.717) is 0 Å². The van der Waals surface area contributed by atoms with Crippen LogP contribution in [0.5, 0.6) is 0 Å². The predicted molar refractivity (Wildman–Crippen MR) is 73.0 cm³/mol. The summed E-state index contributed by atoms with van der Waals surface area (Å²) in [6.07, 6.45) is -0.731. The molecule has 0 heterocycles. The molecule has 0 saturated heterocycles. The molecule has 0 aliphatic carbocycles. The van der Waals surface area contributed by atoms with Crippen molar-refractivity contribution >= 4 is 24.2 Å². The number of aliphatic hydroxyl groups excluding tert-OH is 1. The van der Waals surface area contributed by atoms with Crippen molar-refractivity contribution in [2.75, 3.05) is 0 Å². The minimum absolute atomic E-state index is 0.232. The number of hydrogen-bond acceptors (Lipinski definition) is 2. The normalized spacial score (nSPS) is 15.9. The first kappa shape index (κ1) is 13.9. The highest BCUT2D eigenvalue weighted by Crippen LogP contribution is 2.27. The summed E-state index contributed by atoms with van der Waals surface area (Å²) in [7, 11) is -1.66. The second kappa shape index (κ2) is 5.45. The van der Waals surface area contributed by atoms with Crippen molar-refractivity contribution in [3.63, 3.8) is 0 Å². The molecule has 1 N–H and O–H groups in total. The summed E-state index contributed by atoms with van der Waals surface area (Å²) < 4.78 is 7.02. The van der Waals surface area contributed by atoms with Crippen LogP contribution in [-0.2, 0) is 4.43 Å². The molecule has 1 aromatic rings. The van der Waals surface area contributed by atoms with Crippen molar-refractivity contribution < 1.29 is 9.53 Å². The molecule has 1 rings (SSSR count). The third-order valence-electron chi connectivity index (χ3n) is 2.10. The van der Waals surface area contributed by atoms with Crippen molar-refractivity contribution in [2.45, 2.75) is 38.8 Å². The Hall–Kier alpha value is -0.163. The maximum absolute atomic E-state index is 9.80. The van der Waals surface area contributed by atoms with Crippen molar-refractivity contribution in [3.8, 4) is 0 Å². The van der Waals surface area contributed by atoms with Crippen LogP contribution in [-0.4, -0.2) is 19.5 Å². The predicted octanol–water partition coefficient (Wildman–Crippen LogP) is 3.72. The van der Waals surface area contributed by atoms with E-state index in [1.54, 1.807) is 6.92 Å². The van der Waals surface area contributed by atoms with E-state index in [9.17, 15) is 5.11 Å². The molecule has 1 aromatic carbocycles. The average molecular weight is 303 g/mol. The Morgan fingerprint density at radius 3 is 2.38 bits per heavy atom. The van der Waals surface area contributed by atoms with Gasteiger partial charge in [-0.15, -0.1) is 0 Å². The van der Waals surface area contributed by atoms with Gasteiger partial charge in [-0.3, -0.25) is 0 Å². The zero-order valence-corrected chi connectivity index (χ0v) is 12.8. The van der Waals surface area contributed by atoms with Gasteiger partial charge in [0.25, 0.3) is 0 Å². The van der Waals surface area contributed by atoms with Crippen LogP contribution in [0.4, 0.5) is 0 Å². The molecule has 0 amide bonds. The number of rotatable bonds is 4. The number of benzene rings is 1. The minimum Gasteiger partial charge on any atom is -0.408 e. The maximum Gasteiger partial charge on any atom is 0.184 e. The summed E-state index contributed by atoms with van der Waals surface area (Å²) in [6, 6.07) is 7.92. The quantitative estimate of drug-likeness (QED) is 0.859. The molecule has 0 unspecified atom stereocenters. The van der Waals surface area contributed by atoms with E-state index in [-0.39, 0.29) is 6.10 Å². The van der Waals surface area contributed by atoms with E-state index in [1.165, 1.54) is 0 Å². The number of aliphatic hydroxyl groups is 1. The standard InChI is InChI=1S/C12H19BrO2Si/c1-9(14)12(15-16(2,3)4)10-6-5-7-11(13)8-10/h5-9,12,14H,1-4H3/t9-,12+/m0/s1. The molecule has 0 fully saturated rings. The topological polar surface area (TPSA) is 29.5 Å². The van der Waals surface area contributed by atoms with Gasteiger partial charge < -0.3 is 9.53 Å². The molecule has 0 spiro atoms. The molecule has 16 heavy (non-hydrogen) atoms. The van der Waals surface area contributed by atoms with E-state index < -0.39 is 14.4 Å². The highest BCUT2D eigenvalue weighted by molar-refractivity contribution is 9.10. The SMILES string of the molecule is C[C@H](O)[C@@H](O[Si](C)(C)C)c1cccc(Br)c1. The number of halogens is 1. The lowest BCUT2D eigenvalue weighted by Crippen LogP contribution is -2.32. The molecule has 0 saturated carbocycles. The summed E-state index contributed by atoms with van der Waals surface area (Å²) in [5, 5.41) is 9.80. The van der Waals surface area contributed by atoms with Gasteiger partial charge in [0, 0.05) is 4.47 Å². The van der Waals surface area contributed by atoms with Crippen LogP contribution in [0.25, 0.3) is 0 Å². The van der Waals surface area contributed by atoms with Crippen LogP contribution >= 0.6 is 15.9 Å². The van der Waals surface area contributed by atoms with Crippen molar-refractivity contribution in [1.82, 2.24) is 0 Å². The Balaban J connectivity index is 2.94. The zero-order valence-electron chi connectivity index (χ0n) is 10.2. The van der Waals surface area contributed by atoms with Gasteiger partial charge in [0.15, 0.2) is 8.32 Å². The van der Waals surface area contributed by atoms with Crippen molar-refractivity contribution in [1.29, 1.82) is 0 Å². The van der Waals surface area contributed by atoms with Crippen LogP contribution in [0.3, 0.4) is 0 Å². The third-order valence-corrected chi connectivity index (χ3v) is 3.55. The van der Waals surface area contributed by atoms with Crippen LogP contribution in [0.1, 0.15) is 18.6 Å². The second-order valence-electron chi connectivity index (χ2n) is 4.95. The minimum atomic E-state index is -1.66. The van der Waals surface area contributed by atoms with E-state index in [2.05, 4.69) is 35.6 Å². The maximum atomic E-state index is 9.80. The molecular weight excluding hydrogens is 284 g/mol. The lowest BCUT2D eigenvalue weighted by Gasteiger charge is -2.28. The van der Waals surface area contributed by atoms with Crippen molar-refractivity contribution in [3.05, 3.63) is 34.3 Å². The molecule has 2 nitrogen and oxygen atoms in total. The fraction of sp³-hybridized carbons (Fsp3) is 0.500. The summed E-state index contributed by atoms with van der Waals surface area (Å²) >= 11 is 3.43. The molecular formula is C12H19BrO2Si. The van der Waals surface area contributed by atoms with Gasteiger partial charge in [0.2, 0.25) is 0 Å². The molecule has 90 valence electrons. The summed E-state index contributed by atoms with van der Waals surface area (Å²) in [6.45, 7) is 8.15. The molecule has 4 heteroatoms. The summed E-state index contributed by atoms with van der Waals surface area (Å²) in [4.78, 5) is 0. The number of hydrogen-bond donors (Lipinski definition) is 1. The summed E-state index contributed by atoms with van der Waals surface area (Å²) in [5.74, 6) is 0. The second-order valence-corrected chi connectivity index (χ2v) is 10.3. The fourth-order valence-corrected chi connectivity index (χ4v) is 3.02. The average Bonchev–Trinajstić information content (AvgIpc) is 2.12. The van der Waals surface area contributed by atoms with Crippen LogP contribution in [0.2, 0.25) is 19.6 Å². The lowest BCUT2D eigenvalue weighted by molar-refractivity contribution is 0.0429. The first-order valence-electron chi connectivity index (χ1n) is 5.41. The van der Waals surface area contributed by atoms with Crippen molar-refractivity contribution in [2.24, 2.45) is 0 Å². The third kappa shape index (κ3) is 4.37. The Bertz CT molecular complexity index is 347. The Labute approximate surface area is 107 Å². The van der Waals surface area contributed by atoms with Gasteiger partial charge >= 0.3 is 0 Å². The molecule has 0 radical (unpaired) electrons. The first-order valence-corrected chi connectivity index (χ1v) is 9.61. The monoisotopic (exact) mass is 302 g/mol. The van der Waals surface area contributed by atoms with Gasteiger partial charge in [-0.25, -0.2) is 0 Å².